The van der Waals surface area contributed by atoms with Crippen LogP contribution in [0.15, 0.2) is 40.8 Å². The molecule has 3 aromatic rings. The van der Waals surface area contributed by atoms with Crippen LogP contribution < -0.4 is 10.6 Å². The Morgan fingerprint density at radius 2 is 2.00 bits per heavy atom. The molecule has 1 aromatic heterocycles. The van der Waals surface area contributed by atoms with Crippen molar-refractivity contribution in [2.75, 3.05) is 18.9 Å². The summed E-state index contributed by atoms with van der Waals surface area (Å²) in [5, 5.41) is 6.45. The monoisotopic (exact) mass is 366 g/mol. The molecule has 0 saturated heterocycles. The molecule has 1 aliphatic heterocycles. The lowest BCUT2D eigenvalue weighted by Gasteiger charge is -2.08. The van der Waals surface area contributed by atoms with Crippen LogP contribution in [-0.4, -0.2) is 25.3 Å². The number of furan rings is 1. The smallest absolute Gasteiger partial charge is 0.255 e. The number of halogens is 1. The summed E-state index contributed by atoms with van der Waals surface area (Å²) in [5.41, 5.74) is 2.70. The SMILES string of the molecule is CNC(=O)c1c(-c2ccc(F)cc2)oc2cc3c(cc12)C(=O)C(C)CCN3. The van der Waals surface area contributed by atoms with Gasteiger partial charge in [0, 0.05) is 47.8 Å². The van der Waals surface area contributed by atoms with E-state index in [2.05, 4.69) is 10.6 Å². The average Bonchev–Trinajstić information content (AvgIpc) is 2.98. The van der Waals surface area contributed by atoms with E-state index >= 15 is 0 Å². The van der Waals surface area contributed by atoms with E-state index in [4.69, 9.17) is 4.42 Å². The van der Waals surface area contributed by atoms with Crippen molar-refractivity contribution < 1.29 is 18.4 Å². The van der Waals surface area contributed by atoms with E-state index in [1.165, 1.54) is 19.2 Å². The number of amides is 1. The van der Waals surface area contributed by atoms with E-state index in [0.29, 0.717) is 45.7 Å². The van der Waals surface area contributed by atoms with Crippen molar-refractivity contribution in [3.8, 4) is 11.3 Å². The third-order valence-corrected chi connectivity index (χ3v) is 4.99. The quantitative estimate of drug-likeness (QED) is 0.712. The molecule has 1 amide bonds. The van der Waals surface area contributed by atoms with E-state index in [1.807, 2.05) is 6.92 Å². The zero-order valence-corrected chi connectivity index (χ0v) is 15.1. The molecular formula is C21H19FN2O3. The van der Waals surface area contributed by atoms with Crippen molar-refractivity contribution >= 4 is 28.3 Å². The summed E-state index contributed by atoms with van der Waals surface area (Å²) >= 11 is 0. The van der Waals surface area contributed by atoms with Crippen LogP contribution in [0.2, 0.25) is 0 Å². The van der Waals surface area contributed by atoms with Gasteiger partial charge in [-0.05, 0) is 36.8 Å². The van der Waals surface area contributed by atoms with E-state index in [-0.39, 0.29) is 23.4 Å². The van der Waals surface area contributed by atoms with Gasteiger partial charge in [0.25, 0.3) is 5.91 Å². The highest BCUT2D eigenvalue weighted by Gasteiger charge is 2.27. The minimum atomic E-state index is -0.369. The number of fused-ring (bicyclic) bond motifs is 2. The molecule has 0 fully saturated rings. The Bertz CT molecular complexity index is 1050. The van der Waals surface area contributed by atoms with Crippen molar-refractivity contribution in [3.05, 3.63) is 53.3 Å². The number of hydrogen-bond acceptors (Lipinski definition) is 4. The number of rotatable bonds is 2. The van der Waals surface area contributed by atoms with Crippen LogP contribution >= 0.6 is 0 Å². The van der Waals surface area contributed by atoms with E-state index in [9.17, 15) is 14.0 Å². The fourth-order valence-corrected chi connectivity index (χ4v) is 3.47. The van der Waals surface area contributed by atoms with Crippen molar-refractivity contribution in [3.63, 3.8) is 0 Å². The van der Waals surface area contributed by atoms with Gasteiger partial charge in [-0.3, -0.25) is 9.59 Å². The van der Waals surface area contributed by atoms with Gasteiger partial charge in [0.05, 0.1) is 5.56 Å². The van der Waals surface area contributed by atoms with Crippen LogP contribution in [0.4, 0.5) is 10.1 Å². The van der Waals surface area contributed by atoms with Gasteiger partial charge in [-0.15, -0.1) is 0 Å². The Morgan fingerprint density at radius 1 is 1.26 bits per heavy atom. The Kier molecular flexibility index (Phi) is 4.18. The van der Waals surface area contributed by atoms with Gasteiger partial charge in [-0.25, -0.2) is 4.39 Å². The van der Waals surface area contributed by atoms with Gasteiger partial charge in [-0.2, -0.15) is 0 Å². The van der Waals surface area contributed by atoms with Crippen LogP contribution in [-0.2, 0) is 0 Å². The lowest BCUT2D eigenvalue weighted by atomic mass is 9.95. The molecule has 1 atom stereocenters. The zero-order valence-electron chi connectivity index (χ0n) is 15.1. The van der Waals surface area contributed by atoms with E-state index < -0.39 is 0 Å². The highest BCUT2D eigenvalue weighted by molar-refractivity contribution is 6.14. The Balaban J connectivity index is 1.99. The number of nitrogens with one attached hydrogen (secondary N) is 2. The van der Waals surface area contributed by atoms with Crippen LogP contribution in [0.25, 0.3) is 22.3 Å². The van der Waals surface area contributed by atoms with Crippen LogP contribution in [0.3, 0.4) is 0 Å². The topological polar surface area (TPSA) is 71.3 Å². The first-order chi connectivity index (χ1) is 13.0. The number of carbonyl (C=O) groups excluding carboxylic acids is 2. The second kappa shape index (κ2) is 6.54. The van der Waals surface area contributed by atoms with Crippen LogP contribution in [0.5, 0.6) is 0 Å². The average molecular weight is 366 g/mol. The van der Waals surface area contributed by atoms with Crippen molar-refractivity contribution in [2.45, 2.75) is 13.3 Å². The van der Waals surface area contributed by atoms with E-state index in [1.54, 1.807) is 24.3 Å². The fraction of sp³-hybridized carbons (Fsp3) is 0.238. The maximum Gasteiger partial charge on any atom is 0.255 e. The Morgan fingerprint density at radius 3 is 2.70 bits per heavy atom. The van der Waals surface area contributed by atoms with Crippen LogP contribution in [0.1, 0.15) is 34.1 Å². The standard InChI is InChI=1S/C21H19FN2O3/c1-11-7-8-24-16-10-17-15(9-14(16)19(11)25)18(21(26)23-2)20(27-17)12-3-5-13(22)6-4-12/h3-6,9-11,24H,7-8H2,1-2H3,(H,23,26). The summed E-state index contributed by atoms with van der Waals surface area (Å²) in [6, 6.07) is 9.25. The highest BCUT2D eigenvalue weighted by Crippen LogP contribution is 2.38. The molecule has 5 nitrogen and oxygen atoms in total. The first-order valence-electron chi connectivity index (χ1n) is 8.86. The molecule has 2 heterocycles. The van der Waals surface area contributed by atoms with Gasteiger partial charge in [0.1, 0.15) is 17.2 Å². The summed E-state index contributed by atoms with van der Waals surface area (Å²) in [7, 11) is 1.54. The van der Waals surface area contributed by atoms with Gasteiger partial charge >= 0.3 is 0 Å². The number of Topliss-reactive ketones (excluding diaryl/α,β-unsaturated/α-hetero) is 1. The number of benzene rings is 2. The third-order valence-electron chi connectivity index (χ3n) is 4.99. The van der Waals surface area contributed by atoms with Crippen molar-refractivity contribution in [2.24, 2.45) is 5.92 Å². The molecule has 6 heteroatoms. The summed E-state index contributed by atoms with van der Waals surface area (Å²) in [4.78, 5) is 25.3. The lowest BCUT2D eigenvalue weighted by molar-refractivity contribution is 0.0927. The summed E-state index contributed by atoms with van der Waals surface area (Å²) in [6.45, 7) is 2.60. The molecule has 1 aliphatic rings. The lowest BCUT2D eigenvalue weighted by Crippen LogP contribution is -2.18. The summed E-state index contributed by atoms with van der Waals surface area (Å²) in [5.74, 6) is -0.389. The summed E-state index contributed by atoms with van der Waals surface area (Å²) < 4.78 is 19.3. The van der Waals surface area contributed by atoms with Gasteiger partial charge in [0.2, 0.25) is 0 Å². The molecule has 0 spiro atoms. The largest absolute Gasteiger partial charge is 0.455 e. The number of carbonyl (C=O) groups is 2. The molecule has 0 saturated carbocycles. The molecule has 2 aromatic carbocycles. The molecule has 27 heavy (non-hydrogen) atoms. The molecule has 138 valence electrons. The third kappa shape index (κ3) is 2.87. The first kappa shape index (κ1) is 17.3. The molecule has 0 radical (unpaired) electrons. The zero-order chi connectivity index (χ0) is 19.1. The highest BCUT2D eigenvalue weighted by atomic mass is 19.1. The van der Waals surface area contributed by atoms with Crippen molar-refractivity contribution in [1.29, 1.82) is 0 Å². The van der Waals surface area contributed by atoms with Gasteiger partial charge in [0.15, 0.2) is 5.78 Å². The fourth-order valence-electron chi connectivity index (χ4n) is 3.47. The van der Waals surface area contributed by atoms with E-state index in [0.717, 1.165) is 6.42 Å². The van der Waals surface area contributed by atoms with Gasteiger partial charge in [-0.1, -0.05) is 6.92 Å². The molecule has 0 bridgehead atoms. The Hall–Kier alpha value is -3.15. The van der Waals surface area contributed by atoms with Crippen molar-refractivity contribution in [1.82, 2.24) is 5.32 Å². The molecule has 2 N–H and O–H groups in total. The summed E-state index contributed by atoms with van der Waals surface area (Å²) in [6.07, 6.45) is 0.748. The molecular weight excluding hydrogens is 347 g/mol. The minimum absolute atomic E-state index is 0.0456. The second-order valence-corrected chi connectivity index (χ2v) is 6.77. The first-order valence-corrected chi connectivity index (χ1v) is 8.86. The number of hydrogen-bond donors (Lipinski definition) is 2. The maximum atomic E-state index is 13.3. The molecule has 1 unspecified atom stereocenters. The predicted molar refractivity (Wildman–Crippen MR) is 102 cm³/mol. The van der Waals surface area contributed by atoms with Crippen LogP contribution in [0, 0.1) is 11.7 Å². The van der Waals surface area contributed by atoms with Gasteiger partial charge < -0.3 is 15.1 Å². The minimum Gasteiger partial charge on any atom is -0.455 e. The molecule has 0 aliphatic carbocycles. The normalized spacial score (nSPS) is 16.6. The number of anilines is 1. The Labute approximate surface area is 155 Å². The predicted octanol–water partition coefficient (Wildman–Crippen LogP) is 4.23. The number of ketones is 1. The molecule has 4 rings (SSSR count). The maximum absolute atomic E-state index is 13.3. The second-order valence-electron chi connectivity index (χ2n) is 6.77.